The fourth-order valence-corrected chi connectivity index (χ4v) is 2.21. The van der Waals surface area contributed by atoms with Crippen molar-refractivity contribution >= 4 is 46.6 Å². The van der Waals surface area contributed by atoms with Gasteiger partial charge in [0.2, 0.25) is 5.91 Å². The first kappa shape index (κ1) is 14.7. The van der Waals surface area contributed by atoms with Gasteiger partial charge in [-0.25, -0.2) is 0 Å². The van der Waals surface area contributed by atoms with Crippen molar-refractivity contribution < 1.29 is 4.79 Å². The Balaban J connectivity index is 0.00000144. The molecule has 0 aromatic heterocycles. The largest absolute Gasteiger partial charge is 0.326 e. The van der Waals surface area contributed by atoms with Crippen LogP contribution in [0.25, 0.3) is 0 Å². The van der Waals surface area contributed by atoms with E-state index in [9.17, 15) is 4.79 Å². The molecule has 1 aliphatic rings. The van der Waals surface area contributed by atoms with E-state index >= 15 is 0 Å². The molecule has 0 bridgehead atoms. The summed E-state index contributed by atoms with van der Waals surface area (Å²) in [6.45, 7) is 1.84. The molecule has 1 saturated heterocycles. The third kappa shape index (κ3) is 4.44. The Hall–Kier alpha value is -0.330. The number of carbonyl (C=O) groups is 1. The van der Waals surface area contributed by atoms with Crippen LogP contribution in [0.4, 0.5) is 5.69 Å². The monoisotopic (exact) mass is 366 g/mol. The van der Waals surface area contributed by atoms with Gasteiger partial charge in [-0.1, -0.05) is 0 Å². The molecule has 1 heterocycles. The quantitative estimate of drug-likeness (QED) is 0.790. The number of piperidine rings is 1. The normalized spacial score (nSPS) is 19.2. The number of hydrogen-bond acceptors (Lipinski definition) is 2. The molecule has 1 aromatic rings. The lowest BCUT2D eigenvalue weighted by Gasteiger charge is -2.21. The number of amides is 1. The summed E-state index contributed by atoms with van der Waals surface area (Å²) in [5.74, 6) is 0.251. The molecule has 3 nitrogen and oxygen atoms in total. The average molecular weight is 367 g/mol. The number of carbonyl (C=O) groups excluding carboxylic acids is 1. The highest BCUT2D eigenvalue weighted by Gasteiger charge is 2.20. The molecule has 1 aromatic carbocycles. The number of benzene rings is 1. The zero-order chi connectivity index (χ0) is 11.4. The van der Waals surface area contributed by atoms with Crippen molar-refractivity contribution in [3.05, 3.63) is 27.8 Å². The van der Waals surface area contributed by atoms with Crippen LogP contribution in [-0.4, -0.2) is 19.0 Å². The van der Waals surface area contributed by atoms with Crippen LogP contribution in [0, 0.1) is 9.49 Å². The molecule has 17 heavy (non-hydrogen) atoms. The number of hydrogen-bond donors (Lipinski definition) is 2. The maximum Gasteiger partial charge on any atom is 0.228 e. The van der Waals surface area contributed by atoms with Gasteiger partial charge in [-0.2, -0.15) is 0 Å². The molecule has 94 valence electrons. The average Bonchev–Trinajstić information content (AvgIpc) is 2.33. The smallest absolute Gasteiger partial charge is 0.228 e. The standard InChI is InChI=1S/C12H15IN2O.ClH/c13-10-3-5-11(6-4-10)15-12(16)9-2-1-7-14-8-9;/h3-6,9,14H,1-2,7-8H2,(H,15,16);1H. The van der Waals surface area contributed by atoms with E-state index in [2.05, 4.69) is 33.2 Å². The Kier molecular flexibility index (Phi) is 6.22. The van der Waals surface area contributed by atoms with E-state index in [1.54, 1.807) is 0 Å². The van der Waals surface area contributed by atoms with Gasteiger partial charge in [0.05, 0.1) is 5.92 Å². The summed E-state index contributed by atoms with van der Waals surface area (Å²) in [5, 5.41) is 6.21. The van der Waals surface area contributed by atoms with E-state index in [4.69, 9.17) is 0 Å². The van der Waals surface area contributed by atoms with Crippen molar-refractivity contribution in [2.24, 2.45) is 5.92 Å². The number of rotatable bonds is 2. The lowest BCUT2D eigenvalue weighted by atomic mass is 9.99. The van der Waals surface area contributed by atoms with Gasteiger partial charge < -0.3 is 10.6 Å². The first-order chi connectivity index (χ1) is 7.75. The zero-order valence-corrected chi connectivity index (χ0v) is 12.4. The van der Waals surface area contributed by atoms with Gasteiger partial charge in [0, 0.05) is 15.8 Å². The van der Waals surface area contributed by atoms with Crippen molar-refractivity contribution in [1.29, 1.82) is 0 Å². The molecule has 2 rings (SSSR count). The van der Waals surface area contributed by atoms with Crippen LogP contribution in [0.5, 0.6) is 0 Å². The van der Waals surface area contributed by atoms with Crippen molar-refractivity contribution in [1.82, 2.24) is 5.32 Å². The minimum absolute atomic E-state index is 0. The van der Waals surface area contributed by atoms with Crippen molar-refractivity contribution in [3.63, 3.8) is 0 Å². The zero-order valence-electron chi connectivity index (χ0n) is 9.41. The van der Waals surface area contributed by atoms with Gasteiger partial charge in [-0.3, -0.25) is 4.79 Å². The molecule has 1 amide bonds. The Morgan fingerprint density at radius 3 is 2.65 bits per heavy atom. The van der Waals surface area contributed by atoms with Gasteiger partial charge >= 0.3 is 0 Å². The third-order valence-corrected chi connectivity index (χ3v) is 3.50. The minimum Gasteiger partial charge on any atom is -0.326 e. The predicted octanol–water partition coefficient (Wildman–Crippen LogP) is 2.65. The Bertz CT molecular complexity index is 363. The Morgan fingerprint density at radius 1 is 1.35 bits per heavy atom. The molecular formula is C12H16ClIN2O. The second-order valence-electron chi connectivity index (χ2n) is 4.04. The summed E-state index contributed by atoms with van der Waals surface area (Å²) in [6, 6.07) is 7.87. The van der Waals surface area contributed by atoms with Crippen LogP contribution < -0.4 is 10.6 Å². The van der Waals surface area contributed by atoms with Crippen molar-refractivity contribution in [2.75, 3.05) is 18.4 Å². The summed E-state index contributed by atoms with van der Waals surface area (Å²) in [6.07, 6.45) is 2.08. The first-order valence-corrected chi connectivity index (χ1v) is 6.61. The van der Waals surface area contributed by atoms with E-state index in [0.717, 1.165) is 31.6 Å². The maximum absolute atomic E-state index is 11.9. The highest BCUT2D eigenvalue weighted by Crippen LogP contribution is 2.15. The second kappa shape index (κ2) is 7.18. The molecule has 1 atom stereocenters. The molecule has 1 unspecified atom stereocenters. The summed E-state index contributed by atoms with van der Waals surface area (Å²) in [7, 11) is 0. The number of anilines is 1. The van der Waals surface area contributed by atoms with E-state index in [-0.39, 0.29) is 24.2 Å². The highest BCUT2D eigenvalue weighted by atomic mass is 127. The van der Waals surface area contributed by atoms with E-state index in [1.165, 1.54) is 3.57 Å². The Labute approximate surface area is 121 Å². The van der Waals surface area contributed by atoms with Crippen molar-refractivity contribution in [2.45, 2.75) is 12.8 Å². The lowest BCUT2D eigenvalue weighted by Crippen LogP contribution is -2.37. The lowest BCUT2D eigenvalue weighted by molar-refractivity contribution is -0.120. The van der Waals surface area contributed by atoms with E-state index in [1.807, 2.05) is 24.3 Å². The van der Waals surface area contributed by atoms with E-state index < -0.39 is 0 Å². The summed E-state index contributed by atoms with van der Waals surface area (Å²) >= 11 is 2.25. The number of halogens is 2. The molecule has 2 N–H and O–H groups in total. The van der Waals surface area contributed by atoms with Crippen LogP contribution in [0.2, 0.25) is 0 Å². The maximum atomic E-state index is 11.9. The molecule has 1 aliphatic heterocycles. The van der Waals surface area contributed by atoms with Gasteiger partial charge in [0.15, 0.2) is 0 Å². The first-order valence-electron chi connectivity index (χ1n) is 5.53. The van der Waals surface area contributed by atoms with Crippen molar-refractivity contribution in [3.8, 4) is 0 Å². The van der Waals surface area contributed by atoms with Crippen LogP contribution in [0.3, 0.4) is 0 Å². The van der Waals surface area contributed by atoms with Gasteiger partial charge in [-0.05, 0) is 66.2 Å². The SMILES string of the molecule is Cl.O=C(Nc1ccc(I)cc1)C1CCCNC1. The highest BCUT2D eigenvalue weighted by molar-refractivity contribution is 14.1. The molecule has 0 saturated carbocycles. The molecule has 0 spiro atoms. The number of nitrogens with one attached hydrogen (secondary N) is 2. The summed E-state index contributed by atoms with van der Waals surface area (Å²) < 4.78 is 1.18. The van der Waals surface area contributed by atoms with Gasteiger partial charge in [-0.15, -0.1) is 12.4 Å². The fourth-order valence-electron chi connectivity index (χ4n) is 1.85. The van der Waals surface area contributed by atoms with E-state index in [0.29, 0.717) is 0 Å². The summed E-state index contributed by atoms with van der Waals surface area (Å²) in [5.41, 5.74) is 0.885. The van der Waals surface area contributed by atoms with Gasteiger partial charge in [0.1, 0.15) is 0 Å². The van der Waals surface area contributed by atoms with Crippen LogP contribution >= 0.6 is 35.0 Å². The van der Waals surface area contributed by atoms with Crippen LogP contribution in [-0.2, 0) is 4.79 Å². The third-order valence-electron chi connectivity index (χ3n) is 2.78. The fraction of sp³-hybridized carbons (Fsp3) is 0.417. The van der Waals surface area contributed by atoms with Crippen LogP contribution in [0.1, 0.15) is 12.8 Å². The predicted molar refractivity (Wildman–Crippen MR) is 80.6 cm³/mol. The molecular weight excluding hydrogens is 351 g/mol. The second-order valence-corrected chi connectivity index (χ2v) is 5.29. The topological polar surface area (TPSA) is 41.1 Å². The Morgan fingerprint density at radius 2 is 2.06 bits per heavy atom. The molecule has 1 fully saturated rings. The molecule has 0 aliphatic carbocycles. The minimum atomic E-state index is 0. The molecule has 0 radical (unpaired) electrons. The summed E-state index contributed by atoms with van der Waals surface area (Å²) in [4.78, 5) is 11.9. The van der Waals surface area contributed by atoms with Crippen LogP contribution in [0.15, 0.2) is 24.3 Å². The van der Waals surface area contributed by atoms with Gasteiger partial charge in [0.25, 0.3) is 0 Å². The molecule has 5 heteroatoms.